The molecule has 0 rings (SSSR count). The summed E-state index contributed by atoms with van der Waals surface area (Å²) in [5, 5.41) is 43.6. The van der Waals surface area contributed by atoms with Crippen molar-refractivity contribution >= 4 is 23.9 Å². The van der Waals surface area contributed by atoms with E-state index in [0.29, 0.717) is 104 Å². The number of carbonyl (C=O) groups is 4. The SMILES string of the molecule is CCCCOC(CC(CC)C(=O)[O-])OCCCC.CCCCOC(CC(CC)C(=O)[O-])OCCCC.CCCCOC(CC(CC)C(=O)[O-])OCCCC.CCCCOC(CC(CC)C(=O)[O-])OCCCC.[Ti+4]. The average molecular weight is 1090 g/mol. The molecule has 0 saturated carbocycles. The Morgan fingerprint density at radius 1 is 0.274 bits per heavy atom. The van der Waals surface area contributed by atoms with E-state index in [0.717, 1.165) is 103 Å². The van der Waals surface area contributed by atoms with Gasteiger partial charge in [-0.15, -0.1) is 0 Å². The molecule has 0 aliphatic carbocycles. The minimum atomic E-state index is -1.01. The Bertz CT molecular complexity index is 968. The van der Waals surface area contributed by atoms with Crippen LogP contribution in [-0.2, 0) is 78.8 Å². The number of carbonyl (C=O) groups excluding carboxylic acids is 4. The molecule has 0 N–H and O–H groups in total. The number of unbranched alkanes of at least 4 members (excludes halogenated alkanes) is 8. The van der Waals surface area contributed by atoms with Crippen LogP contribution in [0.15, 0.2) is 0 Å². The molecule has 17 heteroatoms. The van der Waals surface area contributed by atoms with E-state index in [1.807, 2.05) is 27.7 Å². The van der Waals surface area contributed by atoms with Crippen LogP contribution in [-0.4, -0.2) is 102 Å². The minimum Gasteiger partial charge on any atom is -0.550 e. The number of ether oxygens (including phenoxy) is 8. The molecule has 0 saturated heterocycles. The molecule has 0 aliphatic heterocycles. The van der Waals surface area contributed by atoms with Crippen molar-refractivity contribution in [3.63, 3.8) is 0 Å². The van der Waals surface area contributed by atoms with E-state index in [-0.39, 0.29) is 21.7 Å². The number of hydrogen-bond donors (Lipinski definition) is 0. The van der Waals surface area contributed by atoms with Gasteiger partial charge in [-0.2, -0.15) is 0 Å². The van der Waals surface area contributed by atoms with Gasteiger partial charge in [0.25, 0.3) is 0 Å². The molecule has 0 fully saturated rings. The molecule has 0 aromatic heterocycles. The van der Waals surface area contributed by atoms with Crippen molar-refractivity contribution in [2.24, 2.45) is 23.7 Å². The van der Waals surface area contributed by atoms with E-state index in [9.17, 15) is 39.6 Å². The van der Waals surface area contributed by atoms with Crippen LogP contribution < -0.4 is 20.4 Å². The van der Waals surface area contributed by atoms with Crippen molar-refractivity contribution < 1.29 is 99.2 Å². The molecule has 73 heavy (non-hydrogen) atoms. The first-order valence-electron chi connectivity index (χ1n) is 28.4. The topological polar surface area (TPSA) is 234 Å². The Hall–Kier alpha value is -1.73. The van der Waals surface area contributed by atoms with Crippen molar-refractivity contribution in [1.29, 1.82) is 0 Å². The fourth-order valence-electron chi connectivity index (χ4n) is 6.26. The van der Waals surface area contributed by atoms with Gasteiger partial charge in [-0.1, -0.05) is 134 Å². The van der Waals surface area contributed by atoms with E-state index in [4.69, 9.17) is 37.9 Å². The summed E-state index contributed by atoms with van der Waals surface area (Å²) in [5.41, 5.74) is 0. The molecule has 0 aliphatic rings. The molecule has 0 spiro atoms. The van der Waals surface area contributed by atoms with Gasteiger partial charge in [0, 0.05) is 126 Å². The predicted molar refractivity (Wildman–Crippen MR) is 276 cm³/mol. The van der Waals surface area contributed by atoms with E-state index >= 15 is 0 Å². The Morgan fingerprint density at radius 2 is 0.397 bits per heavy atom. The second-order valence-corrected chi connectivity index (χ2v) is 18.2. The van der Waals surface area contributed by atoms with E-state index in [1.165, 1.54) is 0 Å². The molecular formula is C56H108O16Ti. The van der Waals surface area contributed by atoms with E-state index in [2.05, 4.69) is 55.4 Å². The maximum Gasteiger partial charge on any atom is 4.00 e. The van der Waals surface area contributed by atoms with Crippen molar-refractivity contribution in [2.45, 2.75) is 262 Å². The maximum absolute atomic E-state index is 10.9. The number of rotatable bonds is 48. The van der Waals surface area contributed by atoms with Crippen molar-refractivity contribution in [1.82, 2.24) is 0 Å². The molecule has 0 aromatic carbocycles. The third-order valence-corrected chi connectivity index (χ3v) is 11.6. The second-order valence-electron chi connectivity index (χ2n) is 18.2. The first-order valence-corrected chi connectivity index (χ1v) is 28.4. The number of carboxylic acids is 4. The summed E-state index contributed by atoms with van der Waals surface area (Å²) in [7, 11) is 0. The standard InChI is InChI=1S/4C14H28O4.Ti/c4*1-4-7-9-17-13(18-10-8-5-2)11-12(6-3)14(15)16;/h4*12-13H,4-11H2,1-3H3,(H,15,16);/q;;;;+4/p-4. The minimum absolute atomic E-state index is 0. The molecule has 4 unspecified atom stereocenters. The van der Waals surface area contributed by atoms with Crippen molar-refractivity contribution in [3.05, 3.63) is 0 Å². The van der Waals surface area contributed by atoms with Crippen molar-refractivity contribution in [3.8, 4) is 0 Å². The van der Waals surface area contributed by atoms with Gasteiger partial charge in [-0.3, -0.25) is 0 Å². The Balaban J connectivity index is -0.000000280. The van der Waals surface area contributed by atoms with Crippen LogP contribution >= 0.6 is 0 Å². The summed E-state index contributed by atoms with van der Waals surface area (Å²) in [6.07, 6.45) is 18.3. The average Bonchev–Trinajstić information content (AvgIpc) is 3.35. The fourth-order valence-corrected chi connectivity index (χ4v) is 6.26. The van der Waals surface area contributed by atoms with Crippen LogP contribution in [0.5, 0.6) is 0 Å². The number of carboxylic acid groups (broad SMARTS) is 4. The van der Waals surface area contributed by atoms with E-state index in [1.54, 1.807) is 0 Å². The zero-order chi connectivity index (χ0) is 55.2. The molecule has 0 radical (unpaired) electrons. The smallest absolute Gasteiger partial charge is 0.550 e. The van der Waals surface area contributed by atoms with Crippen molar-refractivity contribution in [2.75, 3.05) is 52.9 Å². The number of hydrogen-bond acceptors (Lipinski definition) is 16. The monoisotopic (exact) mass is 1080 g/mol. The van der Waals surface area contributed by atoms with Gasteiger partial charge in [0.2, 0.25) is 0 Å². The maximum atomic E-state index is 10.9. The largest absolute Gasteiger partial charge is 4.00 e. The second kappa shape index (κ2) is 61.1. The Labute approximate surface area is 460 Å². The van der Waals surface area contributed by atoms with Gasteiger partial charge in [-0.05, 0) is 77.0 Å². The van der Waals surface area contributed by atoms with Crippen LogP contribution in [0.1, 0.15) is 237 Å². The van der Waals surface area contributed by atoms with Gasteiger partial charge in [0.1, 0.15) is 0 Å². The first-order chi connectivity index (χ1) is 34.6. The summed E-state index contributed by atoms with van der Waals surface area (Å²) >= 11 is 0. The number of aliphatic carboxylic acids is 4. The molecule has 4 atom stereocenters. The summed E-state index contributed by atoms with van der Waals surface area (Å²) in [5.74, 6) is -6.00. The molecule has 0 aromatic rings. The molecule has 16 nitrogen and oxygen atoms in total. The third-order valence-electron chi connectivity index (χ3n) is 11.6. The Morgan fingerprint density at radius 3 is 0.479 bits per heavy atom. The summed E-state index contributed by atoms with van der Waals surface area (Å²) in [6.45, 7) is 29.1. The normalized spacial score (nSPS) is 12.7. The summed E-state index contributed by atoms with van der Waals surface area (Å²) in [4.78, 5) is 43.6. The van der Waals surface area contributed by atoms with Gasteiger partial charge in [-0.25, -0.2) is 0 Å². The van der Waals surface area contributed by atoms with E-state index < -0.39 is 72.7 Å². The summed E-state index contributed by atoms with van der Waals surface area (Å²) < 4.78 is 44.8. The van der Waals surface area contributed by atoms with Gasteiger partial charge in [0.05, 0.1) is 0 Å². The third kappa shape index (κ3) is 53.5. The Kier molecular flexibility index (Phi) is 67.1. The fraction of sp³-hybridized carbons (Fsp3) is 0.929. The van der Waals surface area contributed by atoms with Crippen LogP contribution in [0.2, 0.25) is 0 Å². The quantitative estimate of drug-likeness (QED) is 0.0316. The van der Waals surface area contributed by atoms with Crippen LogP contribution in [0.25, 0.3) is 0 Å². The van der Waals surface area contributed by atoms with Crippen LogP contribution in [0.4, 0.5) is 0 Å². The molecule has 0 heterocycles. The zero-order valence-corrected chi connectivity index (χ0v) is 49.8. The predicted octanol–water partition coefficient (Wildman–Crippen LogP) is 8.45. The molecule has 0 bridgehead atoms. The van der Waals surface area contributed by atoms with Gasteiger partial charge < -0.3 is 77.5 Å². The van der Waals surface area contributed by atoms with Gasteiger partial charge >= 0.3 is 21.7 Å². The summed E-state index contributed by atoms with van der Waals surface area (Å²) in [6, 6.07) is 0. The molecule has 432 valence electrons. The van der Waals surface area contributed by atoms with Crippen LogP contribution in [0.3, 0.4) is 0 Å². The molecule has 0 amide bonds. The first kappa shape index (κ1) is 80.1. The zero-order valence-electron chi connectivity index (χ0n) is 48.3. The van der Waals surface area contributed by atoms with Gasteiger partial charge in [0.15, 0.2) is 25.2 Å². The molecular weight excluding hydrogens is 976 g/mol. The van der Waals surface area contributed by atoms with Crippen LogP contribution in [0, 0.1) is 23.7 Å².